The normalized spacial score (nSPS) is 16.6. The van der Waals surface area contributed by atoms with E-state index in [9.17, 15) is 57.1 Å². The summed E-state index contributed by atoms with van der Waals surface area (Å²) in [6.07, 6.45) is -26.5. The molecule has 0 rings (SSSR count). The van der Waals surface area contributed by atoms with Crippen molar-refractivity contribution in [3.05, 3.63) is 12.1 Å². The number of alkyl halides is 10. The maximum atomic E-state index is 13.4. The zero-order valence-electron chi connectivity index (χ0n) is 10.9. The third-order valence-corrected chi connectivity index (χ3v) is 2.24. The van der Waals surface area contributed by atoms with Gasteiger partial charge in [0.05, 0.1) is 0 Å². The van der Waals surface area contributed by atoms with Crippen LogP contribution in [0, 0.1) is 0 Å². The highest BCUT2D eigenvalue weighted by atomic mass is 19.4. The summed E-state index contributed by atoms with van der Waals surface area (Å²) in [4.78, 5) is 0. The van der Waals surface area contributed by atoms with E-state index in [4.69, 9.17) is 0 Å². The average Bonchev–Trinajstić information content (AvgIpc) is 2.35. The van der Waals surface area contributed by atoms with Gasteiger partial charge in [-0.15, -0.1) is 0 Å². The van der Waals surface area contributed by atoms with Crippen molar-refractivity contribution in [3.63, 3.8) is 0 Å². The first-order chi connectivity index (χ1) is 10.3. The van der Waals surface area contributed by atoms with Crippen LogP contribution < -0.4 is 0 Å². The van der Waals surface area contributed by atoms with E-state index in [1.54, 1.807) is 0 Å². The monoisotopic (exact) mass is 392 g/mol. The molecule has 24 heavy (non-hydrogen) atoms. The molecule has 0 aromatic carbocycles. The van der Waals surface area contributed by atoms with Crippen LogP contribution in [0.3, 0.4) is 0 Å². The van der Waals surface area contributed by atoms with E-state index < -0.39 is 48.7 Å². The fraction of sp³-hybridized carbons (Fsp3) is 0.778. The molecule has 0 aromatic heterocycles. The highest BCUT2D eigenvalue weighted by molar-refractivity contribution is 4.94. The molecule has 0 N–H and O–H groups in total. The number of halogens is 13. The third-order valence-electron chi connectivity index (χ3n) is 2.24. The Morgan fingerprint density at radius 3 is 1.46 bits per heavy atom. The van der Waals surface area contributed by atoms with Gasteiger partial charge in [-0.3, -0.25) is 4.74 Å². The van der Waals surface area contributed by atoms with Crippen LogP contribution in [-0.4, -0.2) is 30.2 Å². The molecule has 2 nitrogen and oxygen atoms in total. The van der Waals surface area contributed by atoms with E-state index in [-0.39, 0.29) is 6.92 Å². The summed E-state index contributed by atoms with van der Waals surface area (Å²) in [5, 5.41) is 0. The molecule has 0 aliphatic rings. The lowest BCUT2D eigenvalue weighted by Crippen LogP contribution is -2.63. The van der Waals surface area contributed by atoms with Gasteiger partial charge >= 0.3 is 42.3 Å². The summed E-state index contributed by atoms with van der Waals surface area (Å²) < 4.78 is 167. The smallest absolute Gasteiger partial charge is 0.398 e. The zero-order valence-corrected chi connectivity index (χ0v) is 10.9. The lowest BCUT2D eigenvalue weighted by molar-refractivity contribution is -0.516. The molecule has 0 fully saturated rings. The van der Waals surface area contributed by atoms with Gasteiger partial charge in [0, 0.05) is 6.42 Å². The summed E-state index contributed by atoms with van der Waals surface area (Å²) in [6.45, 7) is 0.250. The van der Waals surface area contributed by atoms with Crippen LogP contribution in [0.5, 0.6) is 0 Å². The van der Waals surface area contributed by atoms with Crippen molar-refractivity contribution in [2.24, 2.45) is 0 Å². The second-order valence-electron chi connectivity index (χ2n) is 3.92. The van der Waals surface area contributed by atoms with Crippen LogP contribution in [-0.2, 0) is 9.47 Å². The van der Waals surface area contributed by atoms with E-state index in [1.165, 1.54) is 0 Å². The first kappa shape index (κ1) is 22.6. The van der Waals surface area contributed by atoms with Crippen molar-refractivity contribution in [2.75, 3.05) is 0 Å². The fourth-order valence-corrected chi connectivity index (χ4v) is 0.956. The van der Waals surface area contributed by atoms with Crippen LogP contribution in [0.25, 0.3) is 0 Å². The zero-order chi connectivity index (χ0) is 19.8. The van der Waals surface area contributed by atoms with Crippen LogP contribution in [0.4, 0.5) is 57.1 Å². The number of ether oxygens (including phenoxy) is 2. The molecular weight excluding hydrogens is 387 g/mol. The van der Waals surface area contributed by atoms with Crippen molar-refractivity contribution >= 4 is 0 Å². The Morgan fingerprint density at radius 2 is 1.17 bits per heavy atom. The van der Waals surface area contributed by atoms with Gasteiger partial charge in [-0.25, -0.2) is 0 Å². The summed E-state index contributed by atoms with van der Waals surface area (Å²) in [7, 11) is 0. The summed E-state index contributed by atoms with van der Waals surface area (Å²) in [5.74, 6) is -12.7. The molecule has 0 saturated heterocycles. The molecular formula is C9H5F13O2. The van der Waals surface area contributed by atoms with Gasteiger partial charge in [-0.1, -0.05) is 6.92 Å². The molecule has 0 bridgehead atoms. The molecule has 144 valence electrons. The highest BCUT2D eigenvalue weighted by Gasteiger charge is 2.80. The van der Waals surface area contributed by atoms with Crippen molar-refractivity contribution in [1.82, 2.24) is 0 Å². The molecule has 0 aromatic rings. The van der Waals surface area contributed by atoms with E-state index in [2.05, 4.69) is 0 Å². The standard InChI is InChI=1S/C9H5F13O2/c1-2-5(13,14)8(19,20)24-6(15,7(16,17)18)9(21,22)23-4(12)3(10)11/h2H2,1H3. The van der Waals surface area contributed by atoms with E-state index in [1.807, 2.05) is 9.47 Å². The molecule has 1 atom stereocenters. The molecule has 0 aliphatic heterocycles. The maximum absolute atomic E-state index is 13.4. The third kappa shape index (κ3) is 4.16. The van der Waals surface area contributed by atoms with Crippen molar-refractivity contribution in [1.29, 1.82) is 0 Å². The topological polar surface area (TPSA) is 18.5 Å². The van der Waals surface area contributed by atoms with E-state index in [0.29, 0.717) is 0 Å². The van der Waals surface area contributed by atoms with Gasteiger partial charge in [0.15, 0.2) is 0 Å². The molecule has 0 radical (unpaired) electrons. The quantitative estimate of drug-likeness (QED) is 0.420. The van der Waals surface area contributed by atoms with Gasteiger partial charge in [-0.05, 0) is 0 Å². The number of hydrogen-bond donors (Lipinski definition) is 0. The summed E-state index contributed by atoms with van der Waals surface area (Å²) in [5.41, 5.74) is 0. The predicted octanol–water partition coefficient (Wildman–Crippen LogP) is 5.51. The minimum atomic E-state index is -7.23. The fourth-order valence-electron chi connectivity index (χ4n) is 0.956. The molecule has 15 heteroatoms. The predicted molar refractivity (Wildman–Crippen MR) is 47.5 cm³/mol. The Bertz CT molecular complexity index is 478. The first-order valence-corrected chi connectivity index (χ1v) is 5.33. The highest BCUT2D eigenvalue weighted by Crippen LogP contribution is 2.53. The molecule has 0 aliphatic carbocycles. The maximum Gasteiger partial charge on any atom is 0.471 e. The SMILES string of the molecule is CCC(F)(F)C(F)(F)OC(F)(C(F)(F)F)C(F)(F)OC(F)=C(F)F. The second kappa shape index (κ2) is 6.48. The Labute approximate surface area is 123 Å². The van der Waals surface area contributed by atoms with Gasteiger partial charge < -0.3 is 4.74 Å². The minimum Gasteiger partial charge on any atom is -0.398 e. The Balaban J connectivity index is 6.06. The van der Waals surface area contributed by atoms with Crippen LogP contribution in [0.2, 0.25) is 0 Å². The van der Waals surface area contributed by atoms with Crippen molar-refractivity contribution in [2.45, 2.75) is 43.5 Å². The molecule has 0 heterocycles. The van der Waals surface area contributed by atoms with Gasteiger partial charge in [0.25, 0.3) is 0 Å². The van der Waals surface area contributed by atoms with Crippen molar-refractivity contribution < 1.29 is 66.5 Å². The van der Waals surface area contributed by atoms with Gasteiger partial charge in [0.1, 0.15) is 0 Å². The lowest BCUT2D eigenvalue weighted by atomic mass is 10.2. The van der Waals surface area contributed by atoms with Crippen LogP contribution >= 0.6 is 0 Å². The molecule has 0 amide bonds. The summed E-state index contributed by atoms with van der Waals surface area (Å²) >= 11 is 0. The van der Waals surface area contributed by atoms with E-state index >= 15 is 0 Å². The molecule has 1 unspecified atom stereocenters. The molecule has 0 saturated carbocycles. The average molecular weight is 392 g/mol. The van der Waals surface area contributed by atoms with Crippen LogP contribution in [0.15, 0.2) is 12.1 Å². The Kier molecular flexibility index (Phi) is 6.10. The lowest BCUT2D eigenvalue weighted by Gasteiger charge is -2.37. The van der Waals surface area contributed by atoms with Gasteiger partial charge in [0.2, 0.25) is 0 Å². The van der Waals surface area contributed by atoms with E-state index in [0.717, 1.165) is 0 Å². The van der Waals surface area contributed by atoms with Gasteiger partial charge in [-0.2, -0.15) is 57.1 Å². The van der Waals surface area contributed by atoms with Crippen molar-refractivity contribution in [3.8, 4) is 0 Å². The number of rotatable bonds is 7. The van der Waals surface area contributed by atoms with Crippen LogP contribution in [0.1, 0.15) is 13.3 Å². The molecule has 0 spiro atoms. The minimum absolute atomic E-state index is 0.250. The first-order valence-electron chi connectivity index (χ1n) is 5.33. The summed E-state index contributed by atoms with van der Waals surface area (Å²) in [6, 6.07) is -3.78. The Hall–Kier alpha value is -1.41. The number of hydrogen-bond acceptors (Lipinski definition) is 2. The Morgan fingerprint density at radius 1 is 0.750 bits per heavy atom. The largest absolute Gasteiger partial charge is 0.471 e. The second-order valence-corrected chi connectivity index (χ2v) is 3.92.